The van der Waals surface area contributed by atoms with Crippen molar-refractivity contribution in [3.63, 3.8) is 0 Å². The molecule has 11 rings (SSSR count). The standard InChI is InChI=1S/C52H33NS2/c1-2-14-35-31-37(30-29-34(35)13-1)36-15-9-17-39(32-36)53(40-18-10-16-38(33-40)41-22-12-28-50-51(41)46-21-5-8-27-49(46)54-50)47-25-6-3-19-42(47)44-23-11-24-45-43-20-4-7-26-48(43)55-52(44)45/h1-33H. The SMILES string of the molecule is c1cc(-c2ccc3ccccc3c2)cc(N(c2cccc(-c3cccc4sc5ccccc5c34)c2)c2ccccc2-c2cccc3c2sc2ccccc23)c1. The van der Waals surface area contributed by atoms with Crippen LogP contribution in [0.3, 0.4) is 0 Å². The quantitative estimate of drug-likeness (QED) is 0.164. The summed E-state index contributed by atoms with van der Waals surface area (Å²) < 4.78 is 5.25. The van der Waals surface area contributed by atoms with Crippen LogP contribution in [0.25, 0.3) is 84.5 Å². The average molecular weight is 736 g/mol. The van der Waals surface area contributed by atoms with Crippen LogP contribution in [0.5, 0.6) is 0 Å². The van der Waals surface area contributed by atoms with Crippen molar-refractivity contribution in [1.82, 2.24) is 0 Å². The van der Waals surface area contributed by atoms with Crippen LogP contribution in [0.2, 0.25) is 0 Å². The van der Waals surface area contributed by atoms with Crippen molar-refractivity contribution in [2.24, 2.45) is 0 Å². The molecule has 0 N–H and O–H groups in total. The van der Waals surface area contributed by atoms with Gasteiger partial charge >= 0.3 is 0 Å². The summed E-state index contributed by atoms with van der Waals surface area (Å²) in [6, 6.07) is 73.5. The molecule has 0 amide bonds. The smallest absolute Gasteiger partial charge is 0.0540 e. The molecule has 11 aromatic rings. The van der Waals surface area contributed by atoms with Gasteiger partial charge in [-0.1, -0.05) is 146 Å². The highest BCUT2D eigenvalue weighted by Crippen LogP contribution is 2.47. The van der Waals surface area contributed by atoms with Crippen molar-refractivity contribution >= 4 is 90.9 Å². The molecule has 1 nitrogen and oxygen atoms in total. The molecule has 0 aliphatic rings. The monoisotopic (exact) mass is 735 g/mol. The third-order valence-electron chi connectivity index (χ3n) is 10.8. The van der Waals surface area contributed by atoms with E-state index in [2.05, 4.69) is 205 Å². The molecule has 0 bridgehead atoms. The molecule has 0 atom stereocenters. The van der Waals surface area contributed by atoms with E-state index in [4.69, 9.17) is 0 Å². The topological polar surface area (TPSA) is 3.24 Å². The van der Waals surface area contributed by atoms with Gasteiger partial charge in [-0.25, -0.2) is 0 Å². The first kappa shape index (κ1) is 32.0. The van der Waals surface area contributed by atoms with Crippen LogP contribution < -0.4 is 4.90 Å². The van der Waals surface area contributed by atoms with E-state index in [9.17, 15) is 0 Å². The Bertz CT molecular complexity index is 3240. The number of para-hydroxylation sites is 1. The zero-order chi connectivity index (χ0) is 36.3. The number of anilines is 3. The normalized spacial score (nSPS) is 11.6. The molecule has 0 unspecified atom stereocenters. The van der Waals surface area contributed by atoms with Gasteiger partial charge in [0.05, 0.1) is 5.69 Å². The average Bonchev–Trinajstić information content (AvgIpc) is 3.83. The fourth-order valence-corrected chi connectivity index (χ4v) is 10.7. The molecule has 2 aromatic heterocycles. The summed E-state index contributed by atoms with van der Waals surface area (Å²) in [4.78, 5) is 2.46. The molecule has 0 saturated carbocycles. The van der Waals surface area contributed by atoms with Crippen LogP contribution in [0.1, 0.15) is 0 Å². The molecule has 2 heterocycles. The maximum Gasteiger partial charge on any atom is 0.0540 e. The number of hydrogen-bond donors (Lipinski definition) is 0. The summed E-state index contributed by atoms with van der Waals surface area (Å²) in [5.41, 5.74) is 10.6. The van der Waals surface area contributed by atoms with E-state index in [0.29, 0.717) is 0 Å². The van der Waals surface area contributed by atoms with E-state index >= 15 is 0 Å². The van der Waals surface area contributed by atoms with Gasteiger partial charge in [0.25, 0.3) is 0 Å². The van der Waals surface area contributed by atoms with Crippen molar-refractivity contribution < 1.29 is 0 Å². The lowest BCUT2D eigenvalue weighted by atomic mass is 9.97. The van der Waals surface area contributed by atoms with Crippen LogP contribution in [0, 0.1) is 0 Å². The fourth-order valence-electron chi connectivity index (χ4n) is 8.30. The Morgan fingerprint density at radius 3 is 1.78 bits per heavy atom. The Morgan fingerprint density at radius 1 is 0.327 bits per heavy atom. The molecule has 55 heavy (non-hydrogen) atoms. The van der Waals surface area contributed by atoms with Gasteiger partial charge in [0.15, 0.2) is 0 Å². The Morgan fingerprint density at radius 2 is 0.909 bits per heavy atom. The van der Waals surface area contributed by atoms with E-state index in [1.54, 1.807) is 0 Å². The minimum Gasteiger partial charge on any atom is -0.310 e. The number of thiophene rings is 2. The van der Waals surface area contributed by atoms with E-state index in [0.717, 1.165) is 17.1 Å². The van der Waals surface area contributed by atoms with Gasteiger partial charge in [-0.05, 0) is 87.6 Å². The van der Waals surface area contributed by atoms with Crippen LogP contribution in [-0.2, 0) is 0 Å². The minimum absolute atomic E-state index is 1.11. The van der Waals surface area contributed by atoms with Gasteiger partial charge in [-0.3, -0.25) is 0 Å². The number of fused-ring (bicyclic) bond motifs is 7. The van der Waals surface area contributed by atoms with Crippen molar-refractivity contribution in [3.8, 4) is 33.4 Å². The molecule has 0 spiro atoms. The van der Waals surface area contributed by atoms with Crippen LogP contribution in [0.4, 0.5) is 17.1 Å². The summed E-state index contributed by atoms with van der Waals surface area (Å²) in [5, 5.41) is 7.73. The highest BCUT2D eigenvalue weighted by Gasteiger charge is 2.21. The molecule has 3 heteroatoms. The maximum atomic E-state index is 2.46. The Kier molecular flexibility index (Phi) is 7.61. The zero-order valence-electron chi connectivity index (χ0n) is 29.8. The van der Waals surface area contributed by atoms with Gasteiger partial charge < -0.3 is 4.90 Å². The zero-order valence-corrected chi connectivity index (χ0v) is 31.4. The van der Waals surface area contributed by atoms with E-state index in [1.165, 1.54) is 84.5 Å². The highest BCUT2D eigenvalue weighted by atomic mass is 32.1. The maximum absolute atomic E-state index is 2.46. The molecular formula is C52H33NS2. The second-order valence-corrected chi connectivity index (χ2v) is 16.2. The molecule has 0 aliphatic carbocycles. The second-order valence-electron chi connectivity index (χ2n) is 14.1. The molecule has 0 radical (unpaired) electrons. The Hall–Kier alpha value is -6.52. The molecule has 258 valence electrons. The largest absolute Gasteiger partial charge is 0.310 e. The second kappa shape index (κ2) is 13.1. The van der Waals surface area contributed by atoms with Crippen molar-refractivity contribution in [2.45, 2.75) is 0 Å². The summed E-state index contributed by atoms with van der Waals surface area (Å²) in [5.74, 6) is 0. The summed E-state index contributed by atoms with van der Waals surface area (Å²) in [6.45, 7) is 0. The van der Waals surface area contributed by atoms with Gasteiger partial charge in [-0.15, -0.1) is 22.7 Å². The van der Waals surface area contributed by atoms with Crippen LogP contribution in [0.15, 0.2) is 200 Å². The fraction of sp³-hybridized carbons (Fsp3) is 0. The lowest BCUT2D eigenvalue weighted by molar-refractivity contribution is 1.28. The minimum atomic E-state index is 1.11. The summed E-state index contributed by atoms with van der Waals surface area (Å²) in [6.07, 6.45) is 0. The highest BCUT2D eigenvalue weighted by molar-refractivity contribution is 7.26. The third-order valence-corrected chi connectivity index (χ3v) is 13.2. The van der Waals surface area contributed by atoms with Crippen molar-refractivity contribution in [3.05, 3.63) is 200 Å². The van der Waals surface area contributed by atoms with Crippen molar-refractivity contribution in [1.29, 1.82) is 0 Å². The first-order valence-electron chi connectivity index (χ1n) is 18.7. The lowest BCUT2D eigenvalue weighted by Crippen LogP contribution is -2.11. The van der Waals surface area contributed by atoms with E-state index in [1.807, 2.05) is 22.7 Å². The number of nitrogens with zero attached hydrogens (tertiary/aromatic N) is 1. The van der Waals surface area contributed by atoms with Gasteiger partial charge in [0.2, 0.25) is 0 Å². The third kappa shape index (κ3) is 5.43. The van der Waals surface area contributed by atoms with Crippen LogP contribution >= 0.6 is 22.7 Å². The molecule has 0 aliphatic heterocycles. The van der Waals surface area contributed by atoms with Crippen molar-refractivity contribution in [2.75, 3.05) is 4.90 Å². The van der Waals surface area contributed by atoms with Crippen LogP contribution in [-0.4, -0.2) is 0 Å². The Labute approximate surface area is 327 Å². The number of rotatable bonds is 6. The summed E-state index contributed by atoms with van der Waals surface area (Å²) >= 11 is 3.75. The molecule has 0 saturated heterocycles. The predicted octanol–water partition coefficient (Wildman–Crippen LogP) is 16.0. The Balaban J connectivity index is 1.14. The molecule has 0 fully saturated rings. The lowest BCUT2D eigenvalue weighted by Gasteiger charge is -2.29. The predicted molar refractivity (Wildman–Crippen MR) is 241 cm³/mol. The number of benzene rings is 9. The summed E-state index contributed by atoms with van der Waals surface area (Å²) in [7, 11) is 0. The van der Waals surface area contributed by atoms with Gasteiger partial charge in [0, 0.05) is 62.8 Å². The van der Waals surface area contributed by atoms with Gasteiger partial charge in [-0.2, -0.15) is 0 Å². The first-order valence-corrected chi connectivity index (χ1v) is 20.3. The van der Waals surface area contributed by atoms with E-state index < -0.39 is 0 Å². The van der Waals surface area contributed by atoms with E-state index in [-0.39, 0.29) is 0 Å². The van der Waals surface area contributed by atoms with Gasteiger partial charge in [0.1, 0.15) is 0 Å². The first-order chi connectivity index (χ1) is 27.3. The number of hydrogen-bond acceptors (Lipinski definition) is 3. The molecular weight excluding hydrogens is 703 g/mol. The molecule has 9 aromatic carbocycles.